The van der Waals surface area contributed by atoms with E-state index in [1.54, 1.807) is 0 Å². The van der Waals surface area contributed by atoms with Gasteiger partial charge in [-0.05, 0) is 37.6 Å². The van der Waals surface area contributed by atoms with Crippen LogP contribution in [-0.4, -0.2) is 20.1 Å². The Balaban J connectivity index is 2.27. The van der Waals surface area contributed by atoms with Crippen molar-refractivity contribution < 1.29 is 0 Å². The molecular formula is C13H17N3. The predicted octanol–water partition coefficient (Wildman–Crippen LogP) is 1.88. The summed E-state index contributed by atoms with van der Waals surface area (Å²) in [4.78, 5) is 2.22. The fourth-order valence-electron chi connectivity index (χ4n) is 1.95. The monoisotopic (exact) mass is 215 g/mol. The second kappa shape index (κ2) is 4.54. The molecule has 3 nitrogen and oxygen atoms in total. The third-order valence-electron chi connectivity index (χ3n) is 3.04. The van der Waals surface area contributed by atoms with Gasteiger partial charge in [-0.3, -0.25) is 0 Å². The van der Waals surface area contributed by atoms with Crippen LogP contribution in [-0.2, 0) is 6.54 Å². The maximum Gasteiger partial charge on any atom is 0.101 e. The van der Waals surface area contributed by atoms with Crippen molar-refractivity contribution in [1.29, 1.82) is 5.26 Å². The Morgan fingerprint density at radius 1 is 1.50 bits per heavy atom. The lowest BCUT2D eigenvalue weighted by atomic mass is 10.1. The van der Waals surface area contributed by atoms with Gasteiger partial charge in [0, 0.05) is 19.6 Å². The molecule has 1 aromatic rings. The van der Waals surface area contributed by atoms with Crippen molar-refractivity contribution in [2.45, 2.75) is 25.4 Å². The fraction of sp³-hybridized carbons (Fsp3) is 0.462. The second-order valence-electron chi connectivity index (χ2n) is 4.34. The minimum atomic E-state index is 0.641. The minimum absolute atomic E-state index is 0.641. The van der Waals surface area contributed by atoms with Crippen LogP contribution in [0.1, 0.15) is 24.0 Å². The van der Waals surface area contributed by atoms with Crippen molar-refractivity contribution in [2.75, 3.05) is 19.0 Å². The van der Waals surface area contributed by atoms with Gasteiger partial charge in [0.05, 0.1) is 11.3 Å². The minimum Gasteiger partial charge on any atom is -0.371 e. The molecule has 1 fully saturated rings. The Morgan fingerprint density at radius 2 is 2.25 bits per heavy atom. The number of nitrogens with zero attached hydrogens (tertiary/aromatic N) is 2. The number of rotatable bonds is 4. The summed E-state index contributed by atoms with van der Waals surface area (Å²) in [5.74, 6) is 0. The van der Waals surface area contributed by atoms with E-state index in [9.17, 15) is 0 Å². The average molecular weight is 215 g/mol. The van der Waals surface area contributed by atoms with Crippen molar-refractivity contribution >= 4 is 5.69 Å². The zero-order valence-electron chi connectivity index (χ0n) is 9.83. The van der Waals surface area contributed by atoms with Gasteiger partial charge >= 0.3 is 0 Å². The van der Waals surface area contributed by atoms with E-state index in [-0.39, 0.29) is 0 Å². The molecule has 0 saturated heterocycles. The van der Waals surface area contributed by atoms with Gasteiger partial charge < -0.3 is 10.2 Å². The molecule has 0 aliphatic heterocycles. The molecule has 2 rings (SSSR count). The van der Waals surface area contributed by atoms with E-state index < -0.39 is 0 Å². The molecule has 1 aliphatic rings. The first-order chi connectivity index (χ1) is 7.76. The van der Waals surface area contributed by atoms with Crippen molar-refractivity contribution in [3.63, 3.8) is 0 Å². The molecular weight excluding hydrogens is 198 g/mol. The largest absolute Gasteiger partial charge is 0.371 e. The van der Waals surface area contributed by atoms with Crippen LogP contribution in [0, 0.1) is 11.3 Å². The van der Waals surface area contributed by atoms with Crippen LogP contribution in [0.2, 0.25) is 0 Å². The third-order valence-corrected chi connectivity index (χ3v) is 3.04. The van der Waals surface area contributed by atoms with E-state index in [0.717, 1.165) is 23.4 Å². The summed E-state index contributed by atoms with van der Waals surface area (Å²) in [6, 6.07) is 9.05. The lowest BCUT2D eigenvalue weighted by molar-refractivity contribution is 0.816. The lowest BCUT2D eigenvalue weighted by Gasteiger charge is -2.20. The molecule has 0 heterocycles. The summed E-state index contributed by atoms with van der Waals surface area (Å²) in [7, 11) is 3.99. The molecule has 1 aromatic carbocycles. The van der Waals surface area contributed by atoms with Gasteiger partial charge in [-0.15, -0.1) is 0 Å². The lowest BCUT2D eigenvalue weighted by Crippen LogP contribution is -2.20. The number of benzene rings is 1. The Morgan fingerprint density at radius 3 is 2.81 bits per heavy atom. The molecule has 1 aliphatic carbocycles. The number of anilines is 1. The molecule has 0 spiro atoms. The van der Waals surface area contributed by atoms with Gasteiger partial charge in [-0.1, -0.05) is 6.07 Å². The second-order valence-corrected chi connectivity index (χ2v) is 4.34. The number of nitrogens with one attached hydrogen (secondary N) is 1. The molecule has 0 aromatic heterocycles. The number of nitriles is 1. The third kappa shape index (κ3) is 2.17. The van der Waals surface area contributed by atoms with Crippen LogP contribution in [0.3, 0.4) is 0 Å². The van der Waals surface area contributed by atoms with Crippen molar-refractivity contribution in [3.05, 3.63) is 29.3 Å². The first kappa shape index (κ1) is 11.0. The van der Waals surface area contributed by atoms with E-state index in [4.69, 9.17) is 5.26 Å². The molecule has 1 N–H and O–H groups in total. The van der Waals surface area contributed by atoms with Crippen LogP contribution in [0.25, 0.3) is 0 Å². The molecule has 0 unspecified atom stereocenters. The van der Waals surface area contributed by atoms with E-state index in [0.29, 0.717) is 6.04 Å². The average Bonchev–Trinajstić information content (AvgIpc) is 3.12. The van der Waals surface area contributed by atoms with E-state index >= 15 is 0 Å². The van der Waals surface area contributed by atoms with Crippen LogP contribution in [0.15, 0.2) is 18.2 Å². The summed E-state index contributed by atoms with van der Waals surface area (Å²) < 4.78 is 0. The quantitative estimate of drug-likeness (QED) is 0.833. The SMILES string of the molecule is CNCc1ccc(N(C)C2CC2)c(C#N)c1. The van der Waals surface area contributed by atoms with Gasteiger partial charge in [0.25, 0.3) is 0 Å². The summed E-state index contributed by atoms with van der Waals surface area (Å²) in [6.45, 7) is 0.808. The molecule has 84 valence electrons. The smallest absolute Gasteiger partial charge is 0.101 e. The fourth-order valence-corrected chi connectivity index (χ4v) is 1.95. The van der Waals surface area contributed by atoms with Gasteiger partial charge in [0.1, 0.15) is 6.07 Å². The zero-order chi connectivity index (χ0) is 11.5. The van der Waals surface area contributed by atoms with Gasteiger partial charge in [0.2, 0.25) is 0 Å². The van der Waals surface area contributed by atoms with E-state index in [2.05, 4.69) is 35.5 Å². The molecule has 0 bridgehead atoms. The molecule has 0 radical (unpaired) electrons. The zero-order valence-corrected chi connectivity index (χ0v) is 9.83. The maximum absolute atomic E-state index is 9.17. The van der Waals surface area contributed by atoms with Crippen LogP contribution in [0.4, 0.5) is 5.69 Å². The molecule has 0 atom stereocenters. The molecule has 16 heavy (non-hydrogen) atoms. The molecule has 0 amide bonds. The first-order valence-electron chi connectivity index (χ1n) is 5.66. The normalized spacial score (nSPS) is 14.6. The molecule has 1 saturated carbocycles. The Kier molecular flexibility index (Phi) is 3.12. The summed E-state index contributed by atoms with van der Waals surface area (Å²) in [6.07, 6.45) is 2.50. The Hall–Kier alpha value is -1.53. The van der Waals surface area contributed by atoms with Crippen molar-refractivity contribution in [3.8, 4) is 6.07 Å². The summed E-state index contributed by atoms with van der Waals surface area (Å²) in [5, 5.41) is 12.3. The van der Waals surface area contributed by atoms with Gasteiger partial charge in [-0.2, -0.15) is 5.26 Å². The highest BCUT2D eigenvalue weighted by Gasteiger charge is 2.27. The topological polar surface area (TPSA) is 39.1 Å². The number of hydrogen-bond donors (Lipinski definition) is 1. The first-order valence-corrected chi connectivity index (χ1v) is 5.66. The maximum atomic E-state index is 9.17. The predicted molar refractivity (Wildman–Crippen MR) is 65.3 cm³/mol. The summed E-state index contributed by atoms with van der Waals surface area (Å²) in [5.41, 5.74) is 3.00. The van der Waals surface area contributed by atoms with Crippen LogP contribution >= 0.6 is 0 Å². The van der Waals surface area contributed by atoms with Crippen molar-refractivity contribution in [2.24, 2.45) is 0 Å². The van der Waals surface area contributed by atoms with Gasteiger partial charge in [0.15, 0.2) is 0 Å². The van der Waals surface area contributed by atoms with Gasteiger partial charge in [-0.25, -0.2) is 0 Å². The van der Waals surface area contributed by atoms with Crippen molar-refractivity contribution in [1.82, 2.24) is 5.32 Å². The van der Waals surface area contributed by atoms with E-state index in [1.165, 1.54) is 12.8 Å². The highest BCUT2D eigenvalue weighted by molar-refractivity contribution is 5.61. The molecule has 3 heteroatoms. The number of hydrogen-bond acceptors (Lipinski definition) is 3. The highest BCUT2D eigenvalue weighted by Crippen LogP contribution is 2.32. The highest BCUT2D eigenvalue weighted by atomic mass is 15.2. The van der Waals surface area contributed by atoms with Crippen LogP contribution in [0.5, 0.6) is 0 Å². The standard InChI is InChI=1S/C13H17N3/c1-15-9-10-3-6-13(11(7-10)8-14)16(2)12-4-5-12/h3,6-7,12,15H,4-5,9H2,1-2H3. The Bertz CT molecular complexity index is 416. The summed E-state index contributed by atoms with van der Waals surface area (Å²) >= 11 is 0. The van der Waals surface area contributed by atoms with Crippen LogP contribution < -0.4 is 10.2 Å². The Labute approximate surface area is 96.7 Å². The van der Waals surface area contributed by atoms with E-state index in [1.807, 2.05) is 13.1 Å².